The van der Waals surface area contributed by atoms with Crippen molar-refractivity contribution in [3.8, 4) is 5.75 Å². The van der Waals surface area contributed by atoms with Crippen LogP contribution in [0.1, 0.15) is 39.0 Å². The molecule has 0 saturated carbocycles. The topological polar surface area (TPSA) is 49.9 Å². The number of ether oxygens (including phenoxy) is 1. The lowest BCUT2D eigenvalue weighted by Gasteiger charge is -2.51. The lowest BCUT2D eigenvalue weighted by Crippen LogP contribution is -2.63. The Morgan fingerprint density at radius 1 is 1.21 bits per heavy atom. The third-order valence-corrected chi connectivity index (χ3v) is 5.24. The van der Waals surface area contributed by atoms with E-state index in [-0.39, 0.29) is 24.0 Å². The molecule has 2 aliphatic heterocycles. The molecule has 24 heavy (non-hydrogen) atoms. The first-order valence-electron chi connectivity index (χ1n) is 8.91. The Kier molecular flexibility index (Phi) is 5.07. The van der Waals surface area contributed by atoms with E-state index in [0.29, 0.717) is 18.7 Å². The monoisotopic (exact) mass is 330 g/mol. The number of likely N-dealkylation sites (tertiary alicyclic amines) is 2. The van der Waals surface area contributed by atoms with Gasteiger partial charge in [0.2, 0.25) is 5.91 Å². The predicted molar refractivity (Wildman–Crippen MR) is 91.7 cm³/mol. The van der Waals surface area contributed by atoms with E-state index in [1.165, 1.54) is 0 Å². The molecule has 0 aromatic heterocycles. The molecule has 1 aromatic carbocycles. The number of para-hydroxylation sites is 1. The maximum absolute atomic E-state index is 12.6. The van der Waals surface area contributed by atoms with Crippen LogP contribution in [0.25, 0.3) is 0 Å². The summed E-state index contributed by atoms with van der Waals surface area (Å²) in [5.41, 5.74) is -0.162. The third-order valence-electron chi connectivity index (χ3n) is 5.24. The van der Waals surface area contributed by atoms with E-state index >= 15 is 0 Å². The summed E-state index contributed by atoms with van der Waals surface area (Å²) in [7, 11) is 0. The van der Waals surface area contributed by atoms with Crippen molar-refractivity contribution in [2.45, 2.75) is 44.6 Å². The van der Waals surface area contributed by atoms with Gasteiger partial charge in [-0.25, -0.2) is 0 Å². The van der Waals surface area contributed by atoms with Crippen LogP contribution in [0.4, 0.5) is 0 Å². The fourth-order valence-corrected chi connectivity index (χ4v) is 4.12. The van der Waals surface area contributed by atoms with Crippen molar-refractivity contribution < 1.29 is 14.3 Å². The third kappa shape index (κ3) is 3.40. The highest BCUT2D eigenvalue weighted by Gasteiger charge is 2.45. The van der Waals surface area contributed by atoms with E-state index in [2.05, 4.69) is 0 Å². The number of carbonyl (C=O) groups excluding carboxylic acids is 2. The number of amides is 2. The maximum atomic E-state index is 12.6. The molecule has 2 fully saturated rings. The average molecular weight is 330 g/mol. The van der Waals surface area contributed by atoms with Gasteiger partial charge in [-0.1, -0.05) is 18.2 Å². The zero-order valence-corrected chi connectivity index (χ0v) is 14.4. The van der Waals surface area contributed by atoms with Gasteiger partial charge in [0.15, 0.2) is 6.61 Å². The number of nitrogens with zero attached hydrogens (tertiary/aromatic N) is 2. The molecule has 2 aliphatic rings. The van der Waals surface area contributed by atoms with Gasteiger partial charge in [-0.15, -0.1) is 0 Å². The molecule has 3 rings (SSSR count). The second-order valence-electron chi connectivity index (χ2n) is 6.74. The molecular formula is C19H26N2O3. The fourth-order valence-electron chi connectivity index (χ4n) is 4.12. The van der Waals surface area contributed by atoms with Crippen LogP contribution in [0, 0.1) is 0 Å². The largest absolute Gasteiger partial charge is 0.484 e. The minimum atomic E-state index is -0.162. The lowest BCUT2D eigenvalue weighted by atomic mass is 9.79. The molecule has 0 bridgehead atoms. The number of carbonyl (C=O) groups is 2. The Morgan fingerprint density at radius 3 is 2.71 bits per heavy atom. The van der Waals surface area contributed by atoms with Crippen molar-refractivity contribution in [2.24, 2.45) is 0 Å². The summed E-state index contributed by atoms with van der Waals surface area (Å²) < 4.78 is 5.60. The summed E-state index contributed by atoms with van der Waals surface area (Å²) in [5.74, 6) is 0.950. The molecule has 2 saturated heterocycles. The van der Waals surface area contributed by atoms with Gasteiger partial charge in [0.25, 0.3) is 5.91 Å². The first-order chi connectivity index (χ1) is 11.6. The summed E-state index contributed by atoms with van der Waals surface area (Å²) >= 11 is 0. The quantitative estimate of drug-likeness (QED) is 0.852. The van der Waals surface area contributed by atoms with E-state index in [0.717, 1.165) is 38.8 Å². The molecule has 5 heteroatoms. The first kappa shape index (κ1) is 16.8. The number of piperidine rings is 2. The normalized spacial score (nSPS) is 24.3. The molecule has 1 unspecified atom stereocenters. The van der Waals surface area contributed by atoms with Crippen LogP contribution < -0.4 is 4.74 Å². The van der Waals surface area contributed by atoms with Crippen LogP contribution in [-0.2, 0) is 9.59 Å². The smallest absolute Gasteiger partial charge is 0.260 e. The highest BCUT2D eigenvalue weighted by molar-refractivity contribution is 5.80. The summed E-state index contributed by atoms with van der Waals surface area (Å²) in [6.45, 7) is 4.21. The molecule has 130 valence electrons. The molecule has 5 nitrogen and oxygen atoms in total. The second-order valence-corrected chi connectivity index (χ2v) is 6.74. The molecule has 0 radical (unpaired) electrons. The summed E-state index contributed by atoms with van der Waals surface area (Å²) in [5, 5.41) is 0. The SMILES string of the molecule is CCN1C(=O)CCCC12CCCN(C(=O)COc1ccccc1)C2. The van der Waals surface area contributed by atoms with Crippen LogP contribution in [-0.4, -0.2) is 53.4 Å². The van der Waals surface area contributed by atoms with E-state index in [4.69, 9.17) is 4.74 Å². The minimum absolute atomic E-state index is 0.00648. The Morgan fingerprint density at radius 2 is 1.96 bits per heavy atom. The summed E-state index contributed by atoms with van der Waals surface area (Å²) in [6, 6.07) is 9.40. The lowest BCUT2D eigenvalue weighted by molar-refractivity contribution is -0.150. The zero-order chi connectivity index (χ0) is 17.0. The van der Waals surface area contributed by atoms with Crippen LogP contribution in [0.2, 0.25) is 0 Å². The van der Waals surface area contributed by atoms with E-state index in [1.807, 2.05) is 47.1 Å². The molecule has 1 aromatic rings. The Balaban J connectivity index is 1.64. The van der Waals surface area contributed by atoms with E-state index in [9.17, 15) is 9.59 Å². The van der Waals surface area contributed by atoms with Gasteiger partial charge in [0.05, 0.1) is 5.54 Å². The molecule has 2 heterocycles. The van der Waals surface area contributed by atoms with Crippen molar-refractivity contribution in [3.63, 3.8) is 0 Å². The van der Waals surface area contributed by atoms with Crippen LogP contribution in [0.5, 0.6) is 5.75 Å². The zero-order valence-electron chi connectivity index (χ0n) is 14.4. The van der Waals surface area contributed by atoms with Gasteiger partial charge in [0.1, 0.15) is 5.75 Å². The van der Waals surface area contributed by atoms with Gasteiger partial charge < -0.3 is 14.5 Å². The number of likely N-dealkylation sites (N-methyl/N-ethyl adjacent to an activating group) is 1. The maximum Gasteiger partial charge on any atom is 0.260 e. The number of benzene rings is 1. The van der Waals surface area contributed by atoms with Crippen molar-refractivity contribution in [2.75, 3.05) is 26.2 Å². The van der Waals surface area contributed by atoms with Crippen molar-refractivity contribution in [1.29, 1.82) is 0 Å². The molecule has 1 atom stereocenters. The van der Waals surface area contributed by atoms with Gasteiger partial charge >= 0.3 is 0 Å². The van der Waals surface area contributed by atoms with Gasteiger partial charge in [-0.05, 0) is 44.7 Å². The van der Waals surface area contributed by atoms with Crippen LogP contribution in [0.3, 0.4) is 0 Å². The van der Waals surface area contributed by atoms with Gasteiger partial charge in [-0.2, -0.15) is 0 Å². The highest BCUT2D eigenvalue weighted by atomic mass is 16.5. The Bertz CT molecular complexity index is 586. The van der Waals surface area contributed by atoms with Gasteiger partial charge in [0, 0.05) is 26.1 Å². The minimum Gasteiger partial charge on any atom is -0.484 e. The molecule has 2 amide bonds. The van der Waals surface area contributed by atoms with E-state index in [1.54, 1.807) is 0 Å². The van der Waals surface area contributed by atoms with Crippen molar-refractivity contribution in [3.05, 3.63) is 30.3 Å². The van der Waals surface area contributed by atoms with E-state index < -0.39 is 0 Å². The number of hydrogen-bond donors (Lipinski definition) is 0. The second kappa shape index (κ2) is 7.24. The Hall–Kier alpha value is -2.04. The number of hydrogen-bond acceptors (Lipinski definition) is 3. The van der Waals surface area contributed by atoms with Crippen LogP contribution in [0.15, 0.2) is 30.3 Å². The first-order valence-corrected chi connectivity index (χ1v) is 8.91. The average Bonchev–Trinajstić information content (AvgIpc) is 2.61. The van der Waals surface area contributed by atoms with Crippen molar-refractivity contribution >= 4 is 11.8 Å². The highest BCUT2D eigenvalue weighted by Crippen LogP contribution is 2.36. The molecular weight excluding hydrogens is 304 g/mol. The number of rotatable bonds is 4. The Labute approximate surface area is 143 Å². The van der Waals surface area contributed by atoms with Gasteiger partial charge in [-0.3, -0.25) is 9.59 Å². The standard InChI is InChI=1S/C19H26N2O3/c1-2-21-17(22)10-6-11-19(21)12-7-13-20(15-19)18(23)14-24-16-8-4-3-5-9-16/h3-5,8-9H,2,6-7,10-15H2,1H3. The predicted octanol–water partition coefficient (Wildman–Crippen LogP) is 2.46. The molecule has 1 spiro atoms. The molecule has 0 N–H and O–H groups in total. The van der Waals surface area contributed by atoms with Crippen LogP contribution >= 0.6 is 0 Å². The fraction of sp³-hybridized carbons (Fsp3) is 0.579. The van der Waals surface area contributed by atoms with Crippen molar-refractivity contribution in [1.82, 2.24) is 9.80 Å². The summed E-state index contributed by atoms with van der Waals surface area (Å²) in [4.78, 5) is 28.7. The summed E-state index contributed by atoms with van der Waals surface area (Å²) in [6.07, 6.45) is 4.51. The molecule has 0 aliphatic carbocycles.